The van der Waals surface area contributed by atoms with Gasteiger partial charge < -0.3 is 4.74 Å². The summed E-state index contributed by atoms with van der Waals surface area (Å²) in [7, 11) is 0. The van der Waals surface area contributed by atoms with E-state index in [4.69, 9.17) is 4.74 Å². The molecule has 0 amide bonds. The highest BCUT2D eigenvalue weighted by Crippen LogP contribution is 2.49. The fraction of sp³-hybridized carbons (Fsp3) is 0.360. The van der Waals surface area contributed by atoms with E-state index in [1.165, 1.54) is 22.3 Å². The molecule has 2 atom stereocenters. The molecular weight excluding hydrogens is 330 g/mol. The lowest BCUT2D eigenvalue weighted by Gasteiger charge is -2.21. The van der Waals surface area contributed by atoms with E-state index in [9.17, 15) is 0 Å². The van der Waals surface area contributed by atoms with Gasteiger partial charge in [0.25, 0.3) is 0 Å². The Morgan fingerprint density at radius 3 is 2.37 bits per heavy atom. The molecule has 1 heterocycles. The number of rotatable bonds is 2. The first-order chi connectivity index (χ1) is 13.1. The molecule has 0 unspecified atom stereocenters. The third-order valence-corrected chi connectivity index (χ3v) is 5.61. The molecule has 2 aliphatic rings. The summed E-state index contributed by atoms with van der Waals surface area (Å²) in [5.74, 6) is 13.7. The van der Waals surface area contributed by atoms with Gasteiger partial charge in [-0.25, -0.2) is 0 Å². The summed E-state index contributed by atoms with van der Waals surface area (Å²) in [5.41, 5.74) is 5.37. The van der Waals surface area contributed by atoms with Crippen LogP contribution in [0.5, 0.6) is 0 Å². The van der Waals surface area contributed by atoms with Crippen molar-refractivity contribution in [2.75, 3.05) is 6.61 Å². The Hall–Kier alpha value is -2.52. The number of nitrogens with one attached hydrogen (secondary N) is 1. The maximum atomic E-state index is 6.05. The van der Waals surface area contributed by atoms with Crippen molar-refractivity contribution in [1.29, 1.82) is 0 Å². The van der Waals surface area contributed by atoms with Crippen molar-refractivity contribution in [2.24, 2.45) is 5.92 Å². The van der Waals surface area contributed by atoms with Crippen LogP contribution >= 0.6 is 0 Å². The molecule has 4 rings (SSSR count). The van der Waals surface area contributed by atoms with Crippen LogP contribution < -0.4 is 5.32 Å². The van der Waals surface area contributed by atoms with Crippen LogP contribution in [0.25, 0.3) is 11.1 Å². The fourth-order valence-corrected chi connectivity index (χ4v) is 4.20. The van der Waals surface area contributed by atoms with Gasteiger partial charge in [0.15, 0.2) is 0 Å². The van der Waals surface area contributed by atoms with Crippen LogP contribution in [0.15, 0.2) is 42.5 Å². The van der Waals surface area contributed by atoms with Crippen molar-refractivity contribution in [3.05, 3.63) is 59.2 Å². The van der Waals surface area contributed by atoms with Crippen molar-refractivity contribution in [2.45, 2.75) is 45.4 Å². The second-order valence-corrected chi connectivity index (χ2v) is 7.58. The first-order valence-corrected chi connectivity index (χ1v) is 9.60. The molecule has 0 saturated carbocycles. The first kappa shape index (κ1) is 17.9. The molecule has 2 nitrogen and oxygen atoms in total. The lowest BCUT2D eigenvalue weighted by molar-refractivity contribution is 0.0999. The van der Waals surface area contributed by atoms with Gasteiger partial charge in [0.2, 0.25) is 0 Å². The van der Waals surface area contributed by atoms with Gasteiger partial charge in [-0.1, -0.05) is 62.1 Å². The quantitative estimate of drug-likeness (QED) is 0.792. The lowest BCUT2D eigenvalue weighted by Crippen LogP contribution is -2.30. The van der Waals surface area contributed by atoms with E-state index >= 15 is 0 Å². The molecule has 0 radical (unpaired) electrons. The van der Waals surface area contributed by atoms with Gasteiger partial charge in [-0.15, -0.1) is 11.8 Å². The van der Waals surface area contributed by atoms with Crippen molar-refractivity contribution in [1.82, 2.24) is 5.32 Å². The van der Waals surface area contributed by atoms with Crippen molar-refractivity contribution in [3.63, 3.8) is 0 Å². The second-order valence-electron chi connectivity index (χ2n) is 7.58. The second kappa shape index (κ2) is 6.90. The van der Waals surface area contributed by atoms with Crippen molar-refractivity contribution < 1.29 is 4.74 Å². The minimum atomic E-state index is -0.568. The highest BCUT2D eigenvalue weighted by Gasteiger charge is 2.41. The highest BCUT2D eigenvalue weighted by atomic mass is 16.5. The zero-order valence-electron chi connectivity index (χ0n) is 16.4. The molecule has 0 bridgehead atoms. The van der Waals surface area contributed by atoms with Crippen LogP contribution in [0, 0.1) is 29.6 Å². The molecule has 1 N–H and O–H groups in total. The Labute approximate surface area is 162 Å². The maximum absolute atomic E-state index is 6.05. The molecule has 27 heavy (non-hydrogen) atoms. The molecule has 0 aromatic heterocycles. The van der Waals surface area contributed by atoms with Gasteiger partial charge in [0, 0.05) is 6.04 Å². The van der Waals surface area contributed by atoms with Gasteiger partial charge >= 0.3 is 0 Å². The van der Waals surface area contributed by atoms with Gasteiger partial charge in [-0.2, -0.15) is 0 Å². The Morgan fingerprint density at radius 2 is 1.70 bits per heavy atom. The van der Waals surface area contributed by atoms with Crippen LogP contribution in [0.1, 0.15) is 50.6 Å². The van der Waals surface area contributed by atoms with E-state index in [0.717, 1.165) is 12.2 Å². The molecule has 2 aromatic carbocycles. The van der Waals surface area contributed by atoms with Gasteiger partial charge in [-0.3, -0.25) is 5.32 Å². The smallest absolute Gasteiger partial charge is 0.143 e. The largest absolute Gasteiger partial charge is 0.357 e. The Morgan fingerprint density at radius 1 is 1.00 bits per heavy atom. The molecule has 0 spiro atoms. The average molecular weight is 355 g/mol. The normalized spacial score (nSPS) is 21.7. The van der Waals surface area contributed by atoms with Gasteiger partial charge in [0.05, 0.1) is 6.61 Å². The zero-order chi connectivity index (χ0) is 19.0. The number of hydrogen-bond acceptors (Lipinski definition) is 2. The number of ether oxygens (including phenoxy) is 1. The van der Waals surface area contributed by atoms with Crippen LogP contribution in [0.4, 0.5) is 0 Å². The summed E-state index contributed by atoms with van der Waals surface area (Å²) < 4.78 is 6.05. The Kier molecular flexibility index (Phi) is 4.56. The van der Waals surface area contributed by atoms with Crippen LogP contribution in [0.2, 0.25) is 0 Å². The molecule has 2 aromatic rings. The molecule has 1 saturated heterocycles. The summed E-state index contributed by atoms with van der Waals surface area (Å²) in [5, 5.41) is 3.62. The maximum Gasteiger partial charge on any atom is 0.143 e. The van der Waals surface area contributed by atoms with Crippen molar-refractivity contribution >= 4 is 0 Å². The minimum Gasteiger partial charge on any atom is -0.357 e. The number of hydrogen-bond donors (Lipinski definition) is 1. The summed E-state index contributed by atoms with van der Waals surface area (Å²) in [6.45, 7) is 8.97. The van der Waals surface area contributed by atoms with E-state index in [0.29, 0.717) is 12.0 Å². The van der Waals surface area contributed by atoms with Crippen LogP contribution in [-0.4, -0.2) is 12.6 Å². The predicted octanol–water partition coefficient (Wildman–Crippen LogP) is 4.64. The fourth-order valence-electron chi connectivity index (χ4n) is 4.20. The summed E-state index contributed by atoms with van der Waals surface area (Å²) >= 11 is 0. The topological polar surface area (TPSA) is 21.3 Å². The van der Waals surface area contributed by atoms with Gasteiger partial charge in [-0.05, 0) is 53.6 Å². The Bertz CT molecular complexity index is 976. The summed E-state index contributed by atoms with van der Waals surface area (Å²) in [6.07, 6.45) is -0.0757. The summed E-state index contributed by atoms with van der Waals surface area (Å²) in [6, 6.07) is 15.5. The molecule has 1 aliphatic heterocycles. The molecular formula is C25H25NO. The van der Waals surface area contributed by atoms with Gasteiger partial charge in [0.1, 0.15) is 11.6 Å². The average Bonchev–Trinajstić information content (AvgIpc) is 3.26. The number of fused-ring (bicyclic) bond motifs is 3. The lowest BCUT2D eigenvalue weighted by atomic mass is 9.79. The first-order valence-electron chi connectivity index (χ1n) is 9.60. The van der Waals surface area contributed by atoms with E-state index in [1.54, 1.807) is 0 Å². The van der Waals surface area contributed by atoms with Crippen molar-refractivity contribution in [3.8, 4) is 34.8 Å². The third kappa shape index (κ3) is 2.78. The predicted molar refractivity (Wildman–Crippen MR) is 110 cm³/mol. The Balaban J connectivity index is 1.86. The number of benzene rings is 2. The van der Waals surface area contributed by atoms with E-state index in [2.05, 4.69) is 85.3 Å². The highest BCUT2D eigenvalue weighted by molar-refractivity contribution is 5.86. The third-order valence-electron chi connectivity index (χ3n) is 5.61. The van der Waals surface area contributed by atoms with E-state index < -0.39 is 5.41 Å². The molecule has 1 aliphatic carbocycles. The molecule has 136 valence electrons. The molecule has 2 heteroatoms. The van der Waals surface area contributed by atoms with Crippen LogP contribution in [0.3, 0.4) is 0 Å². The minimum absolute atomic E-state index is 0.0757. The van der Waals surface area contributed by atoms with E-state index in [-0.39, 0.29) is 6.23 Å². The van der Waals surface area contributed by atoms with Crippen LogP contribution in [-0.2, 0) is 10.2 Å². The molecule has 1 fully saturated rings. The SMILES string of the molecule is CC#CC1(C#CC)c2ccccc2-c2ccc([C@@H]3N[C@H](C(C)C)CO3)cc21. The zero-order valence-corrected chi connectivity index (χ0v) is 16.4. The monoisotopic (exact) mass is 355 g/mol. The summed E-state index contributed by atoms with van der Waals surface area (Å²) in [4.78, 5) is 0. The van der Waals surface area contributed by atoms with E-state index in [1.807, 2.05) is 13.8 Å². The standard InChI is InChI=1S/C25H25NO/c1-5-13-25(14-6-2)21-10-8-7-9-19(21)20-12-11-18(15-22(20)25)24-26-23(16-27-24)17(3)4/h7-12,15,17,23-24,26H,16H2,1-4H3/t23-,24+/m0/s1.